The normalized spacial score (nSPS) is 43.7. The molecule has 0 amide bonds. The number of carbonyl (C=O) groups is 1. The van der Waals surface area contributed by atoms with Gasteiger partial charge in [-0.1, -0.05) is 82.0 Å². The summed E-state index contributed by atoms with van der Waals surface area (Å²) in [6.45, 7) is 4.58. The maximum atomic E-state index is 13.7. The van der Waals surface area contributed by atoms with Crippen molar-refractivity contribution in [2.45, 2.75) is 127 Å². The summed E-state index contributed by atoms with van der Waals surface area (Å²) in [5, 5.41) is 0. The molecule has 0 N–H and O–H groups in total. The Hall–Kier alpha value is 0.250. The highest BCUT2D eigenvalue weighted by molar-refractivity contribution is 6.55. The fourth-order valence-corrected chi connectivity index (χ4v) is 9.23. The van der Waals surface area contributed by atoms with E-state index in [4.69, 9.17) is 23.2 Å². The van der Waals surface area contributed by atoms with Gasteiger partial charge in [-0.05, 0) is 87.9 Å². The topological polar surface area (TPSA) is 17.1 Å². The zero-order valence-corrected chi connectivity index (χ0v) is 21.0. The number of unbranched alkanes of at least 4 members (excludes halogenated alkanes) is 1. The summed E-state index contributed by atoms with van der Waals surface area (Å²) in [6.07, 6.45) is 20.7. The number of ketones is 1. The molecule has 2 spiro atoms. The first-order valence-electron chi connectivity index (χ1n) is 13.3. The van der Waals surface area contributed by atoms with Crippen molar-refractivity contribution in [2.75, 3.05) is 0 Å². The Morgan fingerprint density at radius 2 is 1.20 bits per heavy atom. The van der Waals surface area contributed by atoms with Gasteiger partial charge in [0.15, 0.2) is 5.78 Å². The fourth-order valence-electron chi connectivity index (χ4n) is 8.13. The minimum atomic E-state index is -0.823. The van der Waals surface area contributed by atoms with Crippen LogP contribution in [0.15, 0.2) is 0 Å². The van der Waals surface area contributed by atoms with Crippen molar-refractivity contribution in [3.05, 3.63) is 0 Å². The number of hydrogen-bond acceptors (Lipinski definition) is 1. The van der Waals surface area contributed by atoms with E-state index in [0.717, 1.165) is 62.2 Å². The monoisotopic (exact) mass is 454 g/mol. The third kappa shape index (κ3) is 3.70. The van der Waals surface area contributed by atoms with Crippen LogP contribution in [0.5, 0.6) is 0 Å². The Bertz CT molecular complexity index is 588. The lowest BCUT2D eigenvalue weighted by Crippen LogP contribution is -2.74. The highest BCUT2D eigenvalue weighted by Crippen LogP contribution is 2.74. The van der Waals surface area contributed by atoms with Gasteiger partial charge < -0.3 is 0 Å². The van der Waals surface area contributed by atoms with Crippen LogP contribution in [0.1, 0.15) is 123 Å². The second-order valence-electron chi connectivity index (χ2n) is 11.6. The number of alkyl halides is 2. The van der Waals surface area contributed by atoms with Crippen molar-refractivity contribution >= 4 is 29.0 Å². The van der Waals surface area contributed by atoms with Crippen LogP contribution in [0.25, 0.3) is 0 Å². The number of hydrogen-bond donors (Lipinski definition) is 0. The predicted molar refractivity (Wildman–Crippen MR) is 128 cm³/mol. The molecule has 4 saturated carbocycles. The Kier molecular flexibility index (Phi) is 7.21. The second-order valence-corrected chi connectivity index (χ2v) is 12.9. The third-order valence-corrected chi connectivity index (χ3v) is 11.6. The SMILES string of the molecule is CCCCC1CCC2(CC1)C(=O)C1(CCC(C3CCC(CCC)CC3)CC1)C2(Cl)Cl. The third-order valence-electron chi connectivity index (χ3n) is 10.1. The number of Topliss-reactive ketones (excluding diaryl/α,β-unsaturated/α-hetero) is 1. The van der Waals surface area contributed by atoms with Gasteiger partial charge in [0.2, 0.25) is 0 Å². The molecule has 4 rings (SSSR count). The summed E-state index contributed by atoms with van der Waals surface area (Å²) >= 11 is 14.3. The summed E-state index contributed by atoms with van der Waals surface area (Å²) < 4.78 is -0.823. The van der Waals surface area contributed by atoms with Gasteiger partial charge in [0.1, 0.15) is 4.33 Å². The maximum absolute atomic E-state index is 13.7. The average Bonchev–Trinajstić information content (AvgIpc) is 2.78. The molecule has 0 atom stereocenters. The van der Waals surface area contributed by atoms with Crippen molar-refractivity contribution in [3.8, 4) is 0 Å². The molecular weight excluding hydrogens is 411 g/mol. The predicted octanol–water partition coefficient (Wildman–Crippen LogP) is 8.89. The minimum Gasteiger partial charge on any atom is -0.298 e. The molecule has 0 saturated heterocycles. The molecule has 0 aromatic carbocycles. The van der Waals surface area contributed by atoms with Crippen LogP contribution in [0.4, 0.5) is 0 Å². The quantitative estimate of drug-likeness (QED) is 0.366. The van der Waals surface area contributed by atoms with Gasteiger partial charge in [0.25, 0.3) is 0 Å². The molecule has 1 nitrogen and oxygen atoms in total. The van der Waals surface area contributed by atoms with E-state index in [-0.39, 0.29) is 0 Å². The van der Waals surface area contributed by atoms with Gasteiger partial charge >= 0.3 is 0 Å². The van der Waals surface area contributed by atoms with Crippen molar-refractivity contribution in [2.24, 2.45) is 34.5 Å². The van der Waals surface area contributed by atoms with E-state index in [0.29, 0.717) is 5.78 Å². The average molecular weight is 456 g/mol. The van der Waals surface area contributed by atoms with Crippen LogP contribution < -0.4 is 0 Å². The van der Waals surface area contributed by atoms with Crippen molar-refractivity contribution in [1.82, 2.24) is 0 Å². The van der Waals surface area contributed by atoms with E-state index < -0.39 is 15.2 Å². The first-order chi connectivity index (χ1) is 14.4. The van der Waals surface area contributed by atoms with Gasteiger partial charge in [0.05, 0.1) is 10.8 Å². The van der Waals surface area contributed by atoms with Crippen LogP contribution in [-0.4, -0.2) is 10.1 Å². The summed E-state index contributed by atoms with van der Waals surface area (Å²) in [5.41, 5.74) is -0.855. The van der Waals surface area contributed by atoms with E-state index in [1.54, 1.807) is 0 Å². The highest BCUT2D eigenvalue weighted by atomic mass is 35.5. The van der Waals surface area contributed by atoms with E-state index in [1.807, 2.05) is 0 Å². The summed E-state index contributed by atoms with van der Waals surface area (Å²) in [6, 6.07) is 0. The van der Waals surface area contributed by atoms with Crippen LogP contribution in [0.2, 0.25) is 0 Å². The molecule has 0 bridgehead atoms. The van der Waals surface area contributed by atoms with Gasteiger partial charge in [-0.3, -0.25) is 4.79 Å². The molecule has 4 aliphatic rings. The lowest BCUT2D eigenvalue weighted by molar-refractivity contribution is -0.173. The molecule has 3 heteroatoms. The number of rotatable bonds is 6. The van der Waals surface area contributed by atoms with Crippen LogP contribution in [0.3, 0.4) is 0 Å². The molecular formula is C27H44Cl2O. The van der Waals surface area contributed by atoms with Crippen LogP contribution in [-0.2, 0) is 4.79 Å². The largest absolute Gasteiger partial charge is 0.298 e. The highest BCUT2D eigenvalue weighted by Gasteiger charge is 2.79. The number of carbonyl (C=O) groups excluding carboxylic acids is 1. The molecule has 0 heterocycles. The van der Waals surface area contributed by atoms with Crippen molar-refractivity contribution in [1.29, 1.82) is 0 Å². The molecule has 0 aliphatic heterocycles. The smallest absolute Gasteiger partial charge is 0.151 e. The van der Waals surface area contributed by atoms with Crippen molar-refractivity contribution < 1.29 is 4.79 Å². The lowest BCUT2D eigenvalue weighted by Gasteiger charge is -2.67. The molecule has 4 aliphatic carbocycles. The zero-order chi connectivity index (χ0) is 21.4. The Balaban J connectivity index is 1.33. The van der Waals surface area contributed by atoms with E-state index in [9.17, 15) is 4.79 Å². The van der Waals surface area contributed by atoms with E-state index in [1.165, 1.54) is 70.6 Å². The summed E-state index contributed by atoms with van der Waals surface area (Å²) in [7, 11) is 0. The molecule has 0 aromatic heterocycles. The lowest BCUT2D eigenvalue weighted by atomic mass is 9.42. The minimum absolute atomic E-state index is 0.427. The molecule has 0 aromatic rings. The molecule has 4 fully saturated rings. The molecule has 172 valence electrons. The first kappa shape index (κ1) is 23.4. The summed E-state index contributed by atoms with van der Waals surface area (Å²) in [5.74, 6) is 3.90. The number of halogens is 2. The first-order valence-corrected chi connectivity index (χ1v) is 14.1. The Morgan fingerprint density at radius 1 is 0.700 bits per heavy atom. The Morgan fingerprint density at radius 3 is 1.70 bits per heavy atom. The molecule has 0 radical (unpaired) electrons. The maximum Gasteiger partial charge on any atom is 0.151 e. The zero-order valence-electron chi connectivity index (χ0n) is 19.5. The van der Waals surface area contributed by atoms with Gasteiger partial charge in [-0.25, -0.2) is 0 Å². The van der Waals surface area contributed by atoms with Gasteiger partial charge in [0, 0.05) is 0 Å². The fraction of sp³-hybridized carbons (Fsp3) is 0.963. The van der Waals surface area contributed by atoms with Crippen molar-refractivity contribution in [3.63, 3.8) is 0 Å². The van der Waals surface area contributed by atoms with Gasteiger partial charge in [-0.15, -0.1) is 0 Å². The molecule has 0 unspecified atom stereocenters. The Labute approximate surface area is 195 Å². The van der Waals surface area contributed by atoms with E-state index in [2.05, 4.69) is 13.8 Å². The standard InChI is InChI=1S/C27H44Cl2O/c1-3-5-7-21-12-16-25(17-13-21)24(30)26(27(25,28)29)18-14-23(15-19-26)22-10-8-20(6-4-2)9-11-22/h20-23H,3-19H2,1-2H3. The van der Waals surface area contributed by atoms with Crippen LogP contribution in [0, 0.1) is 34.5 Å². The molecule has 30 heavy (non-hydrogen) atoms. The summed E-state index contributed by atoms with van der Waals surface area (Å²) in [4.78, 5) is 13.7. The van der Waals surface area contributed by atoms with E-state index >= 15 is 0 Å². The van der Waals surface area contributed by atoms with Gasteiger partial charge in [-0.2, -0.15) is 0 Å². The second kappa shape index (κ2) is 9.24. The van der Waals surface area contributed by atoms with Crippen LogP contribution >= 0.6 is 23.2 Å².